The second kappa shape index (κ2) is 6.72. The molecule has 1 atom stereocenters. The monoisotopic (exact) mass is 411 g/mol. The van der Waals surface area contributed by atoms with E-state index >= 15 is 0 Å². The fourth-order valence-electron chi connectivity index (χ4n) is 3.78. The minimum absolute atomic E-state index is 0.105. The Bertz CT molecular complexity index is 1120. The lowest BCUT2D eigenvalue weighted by Crippen LogP contribution is -2.31. The van der Waals surface area contributed by atoms with Crippen LogP contribution in [-0.4, -0.2) is 25.5 Å². The number of pyridine rings is 1. The Morgan fingerprint density at radius 3 is 2.86 bits per heavy atom. The lowest BCUT2D eigenvalue weighted by atomic mass is 9.85. The molecule has 1 aromatic carbocycles. The first-order valence-corrected chi connectivity index (χ1v) is 9.72. The molecule has 1 aliphatic carbocycles. The van der Waals surface area contributed by atoms with E-state index in [4.69, 9.17) is 28.3 Å². The van der Waals surface area contributed by atoms with Crippen molar-refractivity contribution >= 4 is 34.9 Å². The standard InChI is InChI=1S/C20H15Cl2N5O/c21-12-6-7-13(14(22)9-12)18-17-15(4-1-5-16(17)28)24-20-25-19(26-27(18)20)11-3-2-8-23-10-11/h2-3,6-10,18H,1,4-5H2,(H,24,25,26)/t18-/m0/s1. The smallest absolute Gasteiger partial charge is 0.226 e. The Labute approximate surface area is 171 Å². The number of ketones is 1. The van der Waals surface area contributed by atoms with Gasteiger partial charge in [-0.25, -0.2) is 4.68 Å². The maximum atomic E-state index is 12.8. The van der Waals surface area contributed by atoms with Gasteiger partial charge in [0.1, 0.15) is 6.04 Å². The predicted octanol–water partition coefficient (Wildman–Crippen LogP) is 4.67. The van der Waals surface area contributed by atoms with E-state index in [-0.39, 0.29) is 5.78 Å². The molecular weight excluding hydrogens is 397 g/mol. The highest BCUT2D eigenvalue weighted by molar-refractivity contribution is 6.35. The third-order valence-electron chi connectivity index (χ3n) is 5.04. The van der Waals surface area contributed by atoms with E-state index in [2.05, 4.69) is 15.3 Å². The van der Waals surface area contributed by atoms with Crippen LogP contribution in [0.2, 0.25) is 10.0 Å². The number of nitrogens with zero attached hydrogens (tertiary/aromatic N) is 4. The maximum absolute atomic E-state index is 12.8. The van der Waals surface area contributed by atoms with Gasteiger partial charge in [0, 0.05) is 51.3 Å². The zero-order chi connectivity index (χ0) is 19.3. The van der Waals surface area contributed by atoms with Crippen LogP contribution in [0.4, 0.5) is 5.95 Å². The van der Waals surface area contributed by atoms with Gasteiger partial charge in [-0.1, -0.05) is 29.3 Å². The number of allylic oxidation sites excluding steroid dienone is 2. The van der Waals surface area contributed by atoms with Crippen LogP contribution in [0.3, 0.4) is 0 Å². The Balaban J connectivity index is 1.71. The molecule has 140 valence electrons. The zero-order valence-electron chi connectivity index (χ0n) is 14.7. The summed E-state index contributed by atoms with van der Waals surface area (Å²) in [5.74, 6) is 1.23. The Hall–Kier alpha value is -2.70. The van der Waals surface area contributed by atoms with Crippen molar-refractivity contribution in [2.75, 3.05) is 5.32 Å². The molecule has 0 unspecified atom stereocenters. The van der Waals surface area contributed by atoms with Crippen molar-refractivity contribution in [3.63, 3.8) is 0 Å². The molecule has 2 aromatic heterocycles. The van der Waals surface area contributed by atoms with Gasteiger partial charge in [-0.05, 0) is 37.1 Å². The van der Waals surface area contributed by atoms with E-state index in [1.54, 1.807) is 29.2 Å². The van der Waals surface area contributed by atoms with E-state index in [1.165, 1.54) is 0 Å². The topological polar surface area (TPSA) is 72.7 Å². The Morgan fingerprint density at radius 2 is 2.07 bits per heavy atom. The summed E-state index contributed by atoms with van der Waals surface area (Å²) < 4.78 is 1.74. The summed E-state index contributed by atoms with van der Waals surface area (Å²) in [7, 11) is 0. The van der Waals surface area contributed by atoms with Crippen molar-refractivity contribution in [1.82, 2.24) is 19.7 Å². The number of Topliss-reactive ketones (excluding diaryl/α,β-unsaturated/α-hetero) is 1. The number of carbonyl (C=O) groups is 1. The molecule has 0 amide bonds. The van der Waals surface area contributed by atoms with Gasteiger partial charge in [0.2, 0.25) is 5.95 Å². The number of nitrogens with one attached hydrogen (secondary N) is 1. The molecule has 1 N–H and O–H groups in total. The number of hydrogen-bond donors (Lipinski definition) is 1. The highest BCUT2D eigenvalue weighted by Gasteiger charge is 2.37. The lowest BCUT2D eigenvalue weighted by molar-refractivity contribution is -0.116. The Morgan fingerprint density at radius 1 is 1.18 bits per heavy atom. The van der Waals surface area contributed by atoms with Crippen LogP contribution in [0.1, 0.15) is 30.9 Å². The fourth-order valence-corrected chi connectivity index (χ4v) is 4.30. The number of rotatable bonds is 2. The van der Waals surface area contributed by atoms with Crippen molar-refractivity contribution < 1.29 is 4.79 Å². The molecule has 28 heavy (non-hydrogen) atoms. The molecule has 0 radical (unpaired) electrons. The van der Waals surface area contributed by atoms with Crippen LogP contribution < -0.4 is 5.32 Å². The molecule has 3 heterocycles. The van der Waals surface area contributed by atoms with E-state index in [0.29, 0.717) is 33.8 Å². The highest BCUT2D eigenvalue weighted by Crippen LogP contribution is 2.42. The van der Waals surface area contributed by atoms with Gasteiger partial charge in [0.05, 0.1) is 0 Å². The number of fused-ring (bicyclic) bond motifs is 1. The fraction of sp³-hybridized carbons (Fsp3) is 0.200. The molecule has 8 heteroatoms. The second-order valence-corrected chi connectivity index (χ2v) is 7.65. The molecule has 0 bridgehead atoms. The van der Waals surface area contributed by atoms with Crippen LogP contribution in [-0.2, 0) is 4.79 Å². The number of aromatic nitrogens is 4. The largest absolute Gasteiger partial charge is 0.328 e. The summed E-state index contributed by atoms with van der Waals surface area (Å²) >= 11 is 12.6. The molecule has 3 aromatic rings. The van der Waals surface area contributed by atoms with Crippen LogP contribution in [0.25, 0.3) is 11.4 Å². The van der Waals surface area contributed by atoms with Gasteiger partial charge >= 0.3 is 0 Å². The number of benzene rings is 1. The molecule has 2 aliphatic rings. The Kier molecular flexibility index (Phi) is 4.18. The van der Waals surface area contributed by atoms with E-state index in [1.807, 2.05) is 18.2 Å². The highest BCUT2D eigenvalue weighted by atomic mass is 35.5. The van der Waals surface area contributed by atoms with Crippen molar-refractivity contribution in [3.8, 4) is 11.4 Å². The van der Waals surface area contributed by atoms with Crippen LogP contribution in [0.5, 0.6) is 0 Å². The normalized spacial score (nSPS) is 18.5. The van der Waals surface area contributed by atoms with Crippen molar-refractivity contribution in [2.45, 2.75) is 25.3 Å². The van der Waals surface area contributed by atoms with Crippen LogP contribution >= 0.6 is 23.2 Å². The van der Waals surface area contributed by atoms with Crippen molar-refractivity contribution in [3.05, 3.63) is 69.6 Å². The van der Waals surface area contributed by atoms with E-state index in [0.717, 1.165) is 29.7 Å². The molecule has 0 saturated carbocycles. The second-order valence-electron chi connectivity index (χ2n) is 6.81. The molecule has 5 rings (SSSR count). The zero-order valence-corrected chi connectivity index (χ0v) is 16.2. The summed E-state index contributed by atoms with van der Waals surface area (Å²) in [5, 5.41) is 9.04. The van der Waals surface area contributed by atoms with Gasteiger partial charge in [0.25, 0.3) is 0 Å². The molecule has 0 spiro atoms. The van der Waals surface area contributed by atoms with Gasteiger partial charge in [-0.15, -0.1) is 5.10 Å². The van der Waals surface area contributed by atoms with Crippen LogP contribution in [0.15, 0.2) is 54.0 Å². The summed E-state index contributed by atoms with van der Waals surface area (Å²) in [6.45, 7) is 0. The minimum Gasteiger partial charge on any atom is -0.328 e. The number of anilines is 1. The number of halogens is 2. The summed E-state index contributed by atoms with van der Waals surface area (Å²) in [6.07, 6.45) is 5.53. The van der Waals surface area contributed by atoms with Gasteiger partial charge in [-0.3, -0.25) is 9.78 Å². The predicted molar refractivity (Wildman–Crippen MR) is 107 cm³/mol. The van der Waals surface area contributed by atoms with Crippen LogP contribution in [0, 0.1) is 0 Å². The van der Waals surface area contributed by atoms with Gasteiger partial charge < -0.3 is 5.32 Å². The lowest BCUT2D eigenvalue weighted by Gasteiger charge is -2.32. The average molecular weight is 412 g/mol. The average Bonchev–Trinajstić information content (AvgIpc) is 3.12. The van der Waals surface area contributed by atoms with E-state index < -0.39 is 6.04 Å². The SMILES string of the molecule is O=C1CCCC2=C1[C@H](c1ccc(Cl)cc1Cl)n1nc(-c3cccnc3)nc1N2. The molecule has 0 saturated heterocycles. The molecule has 6 nitrogen and oxygen atoms in total. The summed E-state index contributed by atoms with van der Waals surface area (Å²) in [4.78, 5) is 21.6. The van der Waals surface area contributed by atoms with Crippen molar-refractivity contribution in [2.24, 2.45) is 0 Å². The van der Waals surface area contributed by atoms with Gasteiger partial charge in [0.15, 0.2) is 11.6 Å². The van der Waals surface area contributed by atoms with Crippen molar-refractivity contribution in [1.29, 1.82) is 0 Å². The summed E-state index contributed by atoms with van der Waals surface area (Å²) in [6, 6.07) is 8.60. The first-order chi connectivity index (χ1) is 13.6. The molecule has 1 aliphatic heterocycles. The molecule has 0 fully saturated rings. The minimum atomic E-state index is -0.443. The number of hydrogen-bond acceptors (Lipinski definition) is 5. The van der Waals surface area contributed by atoms with E-state index in [9.17, 15) is 4.79 Å². The quantitative estimate of drug-likeness (QED) is 0.663. The number of carbonyl (C=O) groups excluding carboxylic acids is 1. The summed E-state index contributed by atoms with van der Waals surface area (Å²) in [5.41, 5.74) is 3.17. The first-order valence-electron chi connectivity index (χ1n) is 8.97. The maximum Gasteiger partial charge on any atom is 0.226 e. The molecular formula is C20H15Cl2N5O. The van der Waals surface area contributed by atoms with Gasteiger partial charge in [-0.2, -0.15) is 4.98 Å². The third-order valence-corrected chi connectivity index (χ3v) is 5.61. The first kappa shape index (κ1) is 17.4. The third kappa shape index (κ3) is 2.80.